The number of anilines is 2. The fourth-order valence-electron chi connectivity index (χ4n) is 6.44. The molecule has 1 aromatic carbocycles. The van der Waals surface area contributed by atoms with Gasteiger partial charge in [-0.3, -0.25) is 4.21 Å². The van der Waals surface area contributed by atoms with Gasteiger partial charge in [-0.05, 0) is 87.8 Å². The Hall–Kier alpha value is -1.70. The second-order valence-corrected chi connectivity index (χ2v) is 13.2. The molecule has 1 saturated heterocycles. The van der Waals surface area contributed by atoms with Crippen molar-refractivity contribution in [2.24, 2.45) is 5.41 Å². The molecular formula is C27H35ClN4O2S. The van der Waals surface area contributed by atoms with E-state index in [4.69, 9.17) is 21.6 Å². The summed E-state index contributed by atoms with van der Waals surface area (Å²) in [4.78, 5) is 13.0. The Bertz CT molecular complexity index is 1100. The zero-order chi connectivity index (χ0) is 24.0. The third-order valence-corrected chi connectivity index (χ3v) is 10.7. The maximum absolute atomic E-state index is 13.1. The number of aryl methyl sites for hydroxylation is 1. The van der Waals surface area contributed by atoms with Gasteiger partial charge < -0.3 is 15.3 Å². The SMILES string of the molecule is O=[S@@]1CCCCc2nc(N3CC4(CCC(c5ccc(Cl)cc5)CC4)C3)nc(NC3(CO)CCC3)c21. The minimum absolute atomic E-state index is 0.0787. The van der Waals surface area contributed by atoms with Crippen molar-refractivity contribution in [3.05, 3.63) is 40.5 Å². The molecular weight excluding hydrogens is 480 g/mol. The molecule has 2 aromatic rings. The van der Waals surface area contributed by atoms with E-state index in [2.05, 4.69) is 22.3 Å². The Labute approximate surface area is 215 Å². The van der Waals surface area contributed by atoms with E-state index < -0.39 is 10.8 Å². The van der Waals surface area contributed by atoms with Crippen molar-refractivity contribution in [3.63, 3.8) is 0 Å². The van der Waals surface area contributed by atoms with E-state index >= 15 is 0 Å². The number of aromatic nitrogens is 2. The molecule has 1 aromatic heterocycles. The number of aliphatic hydroxyl groups excluding tert-OH is 1. The first-order valence-electron chi connectivity index (χ1n) is 13.2. The first kappa shape index (κ1) is 23.7. The highest BCUT2D eigenvalue weighted by Crippen LogP contribution is 2.49. The summed E-state index contributed by atoms with van der Waals surface area (Å²) >= 11 is 6.08. The highest BCUT2D eigenvalue weighted by Gasteiger charge is 2.47. The van der Waals surface area contributed by atoms with Gasteiger partial charge in [0.2, 0.25) is 5.95 Å². The normalized spacial score (nSPS) is 25.3. The molecule has 4 aliphatic rings. The molecule has 35 heavy (non-hydrogen) atoms. The van der Waals surface area contributed by atoms with Crippen molar-refractivity contribution in [1.82, 2.24) is 9.97 Å². The molecule has 6 rings (SSSR count). The topological polar surface area (TPSA) is 78.4 Å². The Balaban J connectivity index is 1.19. The van der Waals surface area contributed by atoms with Crippen molar-refractivity contribution in [2.45, 2.75) is 80.6 Å². The molecule has 0 radical (unpaired) electrons. The van der Waals surface area contributed by atoms with Gasteiger partial charge in [-0.2, -0.15) is 4.98 Å². The van der Waals surface area contributed by atoms with Crippen molar-refractivity contribution in [3.8, 4) is 0 Å². The molecule has 0 amide bonds. The first-order chi connectivity index (χ1) is 17.0. The van der Waals surface area contributed by atoms with Crippen LogP contribution in [-0.2, 0) is 17.2 Å². The summed E-state index contributed by atoms with van der Waals surface area (Å²) in [7, 11) is -1.09. The third-order valence-electron chi connectivity index (χ3n) is 8.86. The van der Waals surface area contributed by atoms with Crippen LogP contribution in [0.1, 0.15) is 75.0 Å². The van der Waals surface area contributed by atoms with Gasteiger partial charge in [0.05, 0.1) is 28.6 Å². The third kappa shape index (κ3) is 4.49. The smallest absolute Gasteiger partial charge is 0.227 e. The molecule has 188 valence electrons. The summed E-state index contributed by atoms with van der Waals surface area (Å²) in [5, 5.41) is 14.4. The predicted molar refractivity (Wildman–Crippen MR) is 141 cm³/mol. The molecule has 2 saturated carbocycles. The lowest BCUT2D eigenvalue weighted by atomic mass is 9.65. The van der Waals surface area contributed by atoms with Gasteiger partial charge in [0.25, 0.3) is 0 Å². The van der Waals surface area contributed by atoms with Gasteiger partial charge in [-0.15, -0.1) is 0 Å². The number of aliphatic hydroxyl groups is 1. The van der Waals surface area contributed by atoms with Crippen LogP contribution in [-0.4, -0.2) is 50.3 Å². The first-order valence-corrected chi connectivity index (χ1v) is 14.9. The highest BCUT2D eigenvalue weighted by atomic mass is 35.5. The minimum Gasteiger partial charge on any atom is -0.394 e. The predicted octanol–water partition coefficient (Wildman–Crippen LogP) is 5.07. The number of nitrogens with one attached hydrogen (secondary N) is 1. The molecule has 8 heteroatoms. The van der Waals surface area contributed by atoms with Gasteiger partial charge in [0.15, 0.2) is 0 Å². The number of rotatable bonds is 5. The fourth-order valence-corrected chi connectivity index (χ4v) is 7.96. The second kappa shape index (κ2) is 9.31. The molecule has 3 fully saturated rings. The van der Waals surface area contributed by atoms with Gasteiger partial charge >= 0.3 is 0 Å². The van der Waals surface area contributed by atoms with E-state index in [9.17, 15) is 9.32 Å². The zero-order valence-corrected chi connectivity index (χ0v) is 21.8. The Morgan fingerprint density at radius 1 is 1.06 bits per heavy atom. The lowest BCUT2D eigenvalue weighted by Gasteiger charge is -2.53. The second-order valence-electron chi connectivity index (χ2n) is 11.3. The van der Waals surface area contributed by atoms with Gasteiger partial charge in [0, 0.05) is 29.3 Å². The van der Waals surface area contributed by atoms with Gasteiger partial charge in [-0.25, -0.2) is 4.98 Å². The van der Waals surface area contributed by atoms with Crippen LogP contribution in [0.25, 0.3) is 0 Å². The van der Waals surface area contributed by atoms with Crippen molar-refractivity contribution < 1.29 is 9.32 Å². The average Bonchev–Trinajstić information content (AvgIpc) is 3.01. The summed E-state index contributed by atoms with van der Waals surface area (Å²) in [6, 6.07) is 8.37. The lowest BCUT2D eigenvalue weighted by molar-refractivity contribution is 0.126. The van der Waals surface area contributed by atoms with E-state index in [1.165, 1.54) is 31.2 Å². The Morgan fingerprint density at radius 3 is 2.46 bits per heavy atom. The van der Waals surface area contributed by atoms with Crippen molar-refractivity contribution in [1.29, 1.82) is 0 Å². The standard InChI is InChI=1S/C27H35ClN4O2S/c28-21-7-5-19(6-8-21)20-9-13-26(14-10-20)16-32(17-26)25-29-22-4-1-2-15-35(34)23(22)24(30-25)31-27(18-33)11-3-12-27/h5-8,20,33H,1-4,9-18H2,(H,29,30,31)/t35-/m1/s1. The van der Waals surface area contributed by atoms with Crippen LogP contribution < -0.4 is 10.2 Å². The Kier molecular flexibility index (Phi) is 6.30. The number of benzene rings is 1. The lowest BCUT2D eigenvalue weighted by Crippen LogP contribution is -2.58. The van der Waals surface area contributed by atoms with Crippen LogP contribution in [0.3, 0.4) is 0 Å². The molecule has 0 unspecified atom stereocenters. The van der Waals surface area contributed by atoms with Crippen LogP contribution >= 0.6 is 11.6 Å². The average molecular weight is 515 g/mol. The van der Waals surface area contributed by atoms with E-state index in [0.717, 1.165) is 73.2 Å². The summed E-state index contributed by atoms with van der Waals surface area (Å²) in [6.45, 7) is 2.06. The molecule has 2 aliphatic heterocycles. The molecule has 3 heterocycles. The highest BCUT2D eigenvalue weighted by molar-refractivity contribution is 7.85. The van der Waals surface area contributed by atoms with Crippen LogP contribution in [0.4, 0.5) is 11.8 Å². The van der Waals surface area contributed by atoms with Crippen molar-refractivity contribution >= 4 is 34.2 Å². The van der Waals surface area contributed by atoms with Gasteiger partial charge in [-0.1, -0.05) is 23.7 Å². The number of hydrogen-bond donors (Lipinski definition) is 2. The maximum Gasteiger partial charge on any atom is 0.227 e. The van der Waals surface area contributed by atoms with Gasteiger partial charge in [0.1, 0.15) is 10.7 Å². The van der Waals surface area contributed by atoms with E-state index in [0.29, 0.717) is 22.9 Å². The van der Waals surface area contributed by atoms with E-state index in [1.54, 1.807) is 0 Å². The minimum atomic E-state index is -1.09. The summed E-state index contributed by atoms with van der Waals surface area (Å²) in [5.41, 5.74) is 2.38. The Morgan fingerprint density at radius 2 is 1.80 bits per heavy atom. The van der Waals surface area contributed by atoms with Crippen LogP contribution in [0, 0.1) is 5.41 Å². The maximum atomic E-state index is 13.1. The molecule has 1 spiro atoms. The monoisotopic (exact) mass is 514 g/mol. The zero-order valence-electron chi connectivity index (χ0n) is 20.3. The molecule has 6 nitrogen and oxygen atoms in total. The quantitative estimate of drug-likeness (QED) is 0.580. The number of hydrogen-bond acceptors (Lipinski definition) is 6. The molecule has 1 atom stereocenters. The number of halogens is 1. The molecule has 2 aliphatic carbocycles. The van der Waals surface area contributed by atoms with E-state index in [-0.39, 0.29) is 12.1 Å². The van der Waals surface area contributed by atoms with E-state index in [1.807, 2.05) is 12.1 Å². The number of nitrogens with zero attached hydrogens (tertiary/aromatic N) is 3. The largest absolute Gasteiger partial charge is 0.394 e. The summed E-state index contributed by atoms with van der Waals surface area (Å²) in [6.07, 6.45) is 10.6. The summed E-state index contributed by atoms with van der Waals surface area (Å²) < 4.78 is 13.1. The van der Waals surface area contributed by atoms with Crippen LogP contribution in [0.2, 0.25) is 5.02 Å². The molecule has 2 N–H and O–H groups in total. The number of fused-ring (bicyclic) bond motifs is 1. The van der Waals surface area contributed by atoms with Crippen molar-refractivity contribution in [2.75, 3.05) is 35.7 Å². The van der Waals surface area contributed by atoms with Crippen LogP contribution in [0.5, 0.6) is 0 Å². The van der Waals surface area contributed by atoms with Crippen LogP contribution in [0.15, 0.2) is 29.2 Å². The molecule has 0 bridgehead atoms. The fraction of sp³-hybridized carbons (Fsp3) is 0.630. The summed E-state index contributed by atoms with van der Waals surface area (Å²) in [5.74, 6) is 2.76.